The number of aromatic nitrogens is 3. The van der Waals surface area contributed by atoms with E-state index in [0.717, 1.165) is 55.8 Å². The zero-order valence-corrected chi connectivity index (χ0v) is 18.1. The van der Waals surface area contributed by atoms with Crippen LogP contribution in [-0.4, -0.2) is 50.9 Å². The van der Waals surface area contributed by atoms with Gasteiger partial charge in [-0.3, -0.25) is 4.79 Å². The molecule has 3 fully saturated rings. The van der Waals surface area contributed by atoms with Crippen LogP contribution >= 0.6 is 0 Å². The SMILES string of the molecule is O=C(c1ccc(-c2cnco2)cc1)N(C1CC1)C1CCN(c2ncc(C3CC3)cn2)CC1. The average Bonchev–Trinajstić information content (AvgIpc) is 3.79. The third kappa shape index (κ3) is 3.87. The normalized spacial score (nSPS) is 19.2. The second-order valence-electron chi connectivity index (χ2n) is 9.20. The van der Waals surface area contributed by atoms with E-state index in [0.29, 0.717) is 17.7 Å². The van der Waals surface area contributed by atoms with E-state index < -0.39 is 0 Å². The molecule has 2 saturated carbocycles. The van der Waals surface area contributed by atoms with Gasteiger partial charge in [-0.15, -0.1) is 0 Å². The number of carbonyl (C=O) groups is 1. The average molecular weight is 430 g/mol. The first kappa shape index (κ1) is 19.5. The molecule has 0 spiro atoms. The lowest BCUT2D eigenvalue weighted by Gasteiger charge is -2.39. The van der Waals surface area contributed by atoms with E-state index in [-0.39, 0.29) is 11.9 Å². The summed E-state index contributed by atoms with van der Waals surface area (Å²) < 4.78 is 5.36. The first-order valence-corrected chi connectivity index (χ1v) is 11.6. The molecule has 0 radical (unpaired) electrons. The molecule has 32 heavy (non-hydrogen) atoms. The van der Waals surface area contributed by atoms with Gasteiger partial charge in [0.1, 0.15) is 0 Å². The number of piperidine rings is 1. The second kappa shape index (κ2) is 8.04. The minimum absolute atomic E-state index is 0.139. The molecule has 6 rings (SSSR count). The van der Waals surface area contributed by atoms with Crippen molar-refractivity contribution in [3.8, 4) is 11.3 Å². The molecule has 3 aromatic rings. The van der Waals surface area contributed by atoms with Crippen molar-refractivity contribution in [3.63, 3.8) is 0 Å². The topological polar surface area (TPSA) is 75.4 Å². The van der Waals surface area contributed by atoms with Gasteiger partial charge in [-0.2, -0.15) is 0 Å². The van der Waals surface area contributed by atoms with E-state index in [4.69, 9.17) is 4.42 Å². The molecule has 0 atom stereocenters. The lowest BCUT2D eigenvalue weighted by molar-refractivity contribution is 0.0630. The molecule has 1 saturated heterocycles. The summed E-state index contributed by atoms with van der Waals surface area (Å²) in [7, 11) is 0. The van der Waals surface area contributed by atoms with Gasteiger partial charge in [-0.05, 0) is 62.1 Å². The monoisotopic (exact) mass is 429 g/mol. The molecule has 0 bridgehead atoms. The molecule has 2 aliphatic carbocycles. The van der Waals surface area contributed by atoms with Crippen LogP contribution in [0.1, 0.15) is 60.4 Å². The second-order valence-corrected chi connectivity index (χ2v) is 9.20. The number of anilines is 1. The van der Waals surface area contributed by atoms with Crippen LogP contribution in [0.15, 0.2) is 53.7 Å². The predicted octanol–water partition coefficient (Wildman–Crippen LogP) is 4.28. The lowest BCUT2D eigenvalue weighted by atomic mass is 10.0. The minimum atomic E-state index is 0.139. The molecule has 2 aromatic heterocycles. The Labute approximate surface area is 187 Å². The van der Waals surface area contributed by atoms with E-state index in [2.05, 4.69) is 24.8 Å². The lowest BCUT2D eigenvalue weighted by Crippen LogP contribution is -2.48. The van der Waals surface area contributed by atoms with Gasteiger partial charge in [0.2, 0.25) is 5.95 Å². The fourth-order valence-corrected chi connectivity index (χ4v) is 4.73. The zero-order valence-electron chi connectivity index (χ0n) is 18.1. The van der Waals surface area contributed by atoms with Gasteiger partial charge in [0.25, 0.3) is 5.91 Å². The van der Waals surface area contributed by atoms with Gasteiger partial charge in [0.05, 0.1) is 6.20 Å². The molecule has 1 amide bonds. The Morgan fingerprint density at radius 2 is 1.59 bits per heavy atom. The number of hydrogen-bond donors (Lipinski definition) is 0. The van der Waals surface area contributed by atoms with E-state index in [9.17, 15) is 4.79 Å². The fourth-order valence-electron chi connectivity index (χ4n) is 4.73. The van der Waals surface area contributed by atoms with Crippen LogP contribution < -0.4 is 4.90 Å². The van der Waals surface area contributed by atoms with Crippen LogP contribution in [0.2, 0.25) is 0 Å². The summed E-state index contributed by atoms with van der Waals surface area (Å²) in [4.78, 5) is 31.0. The highest BCUT2D eigenvalue weighted by Crippen LogP contribution is 2.39. The number of oxazole rings is 1. The van der Waals surface area contributed by atoms with Gasteiger partial charge < -0.3 is 14.2 Å². The Bertz CT molecular complexity index is 1060. The van der Waals surface area contributed by atoms with Gasteiger partial charge in [0.15, 0.2) is 12.2 Å². The first-order chi connectivity index (χ1) is 15.8. The van der Waals surface area contributed by atoms with E-state index in [1.165, 1.54) is 24.8 Å². The first-order valence-electron chi connectivity index (χ1n) is 11.6. The highest BCUT2D eigenvalue weighted by molar-refractivity contribution is 5.95. The summed E-state index contributed by atoms with van der Waals surface area (Å²) in [5.41, 5.74) is 2.93. The van der Waals surface area contributed by atoms with Crippen molar-refractivity contribution in [2.24, 2.45) is 0 Å². The Morgan fingerprint density at radius 1 is 0.906 bits per heavy atom. The molecule has 3 aliphatic rings. The predicted molar refractivity (Wildman–Crippen MR) is 120 cm³/mol. The summed E-state index contributed by atoms with van der Waals surface area (Å²) >= 11 is 0. The summed E-state index contributed by atoms with van der Waals surface area (Å²) in [6.45, 7) is 1.77. The molecular formula is C25H27N5O2. The van der Waals surface area contributed by atoms with E-state index in [1.54, 1.807) is 6.20 Å². The summed E-state index contributed by atoms with van der Waals surface area (Å²) in [6, 6.07) is 8.32. The molecule has 3 heterocycles. The van der Waals surface area contributed by atoms with Crippen LogP contribution in [0, 0.1) is 0 Å². The molecule has 1 aliphatic heterocycles. The maximum atomic E-state index is 13.4. The molecule has 164 valence electrons. The van der Waals surface area contributed by atoms with E-state index >= 15 is 0 Å². The summed E-state index contributed by atoms with van der Waals surface area (Å²) in [5, 5.41) is 0. The van der Waals surface area contributed by atoms with Crippen LogP contribution in [0.5, 0.6) is 0 Å². The maximum Gasteiger partial charge on any atom is 0.254 e. The molecule has 7 nitrogen and oxygen atoms in total. The zero-order chi connectivity index (χ0) is 21.5. The van der Waals surface area contributed by atoms with Crippen LogP contribution in [-0.2, 0) is 0 Å². The van der Waals surface area contributed by atoms with Crippen molar-refractivity contribution in [2.45, 2.75) is 56.5 Å². The number of rotatable bonds is 6. The Kier molecular flexibility index (Phi) is 4.89. The van der Waals surface area contributed by atoms with Gasteiger partial charge in [-0.25, -0.2) is 15.0 Å². The minimum Gasteiger partial charge on any atom is -0.444 e. The van der Waals surface area contributed by atoms with Gasteiger partial charge in [0, 0.05) is 48.7 Å². The summed E-state index contributed by atoms with van der Waals surface area (Å²) in [6.07, 6.45) is 13.7. The quantitative estimate of drug-likeness (QED) is 0.582. The number of amides is 1. The van der Waals surface area contributed by atoms with Crippen molar-refractivity contribution in [3.05, 3.63) is 60.4 Å². The third-order valence-corrected chi connectivity index (χ3v) is 6.87. The van der Waals surface area contributed by atoms with Crippen molar-refractivity contribution in [2.75, 3.05) is 18.0 Å². The summed E-state index contributed by atoms with van der Waals surface area (Å²) in [5.74, 6) is 2.35. The molecule has 0 unspecified atom stereocenters. The van der Waals surface area contributed by atoms with Crippen LogP contribution in [0.25, 0.3) is 11.3 Å². The number of hydrogen-bond acceptors (Lipinski definition) is 6. The highest BCUT2D eigenvalue weighted by atomic mass is 16.3. The largest absolute Gasteiger partial charge is 0.444 e. The van der Waals surface area contributed by atoms with Crippen LogP contribution in [0.4, 0.5) is 5.95 Å². The highest BCUT2D eigenvalue weighted by Gasteiger charge is 2.39. The smallest absolute Gasteiger partial charge is 0.254 e. The standard InChI is InChI=1S/C25H27N5O2/c31-24(19-5-3-18(4-6-19)23-15-26-16-32-23)30(21-7-8-21)22-9-11-29(12-10-22)25-27-13-20(14-28-25)17-1-2-17/h3-6,13-17,21-22H,1-2,7-12H2. The number of carbonyl (C=O) groups excluding carboxylic acids is 1. The molecular weight excluding hydrogens is 402 g/mol. The van der Waals surface area contributed by atoms with Crippen molar-refractivity contribution < 1.29 is 9.21 Å². The van der Waals surface area contributed by atoms with E-state index in [1.807, 2.05) is 36.7 Å². The third-order valence-electron chi connectivity index (χ3n) is 6.87. The fraction of sp³-hybridized carbons (Fsp3) is 0.440. The van der Waals surface area contributed by atoms with Crippen molar-refractivity contribution in [1.82, 2.24) is 19.9 Å². The number of nitrogens with zero attached hydrogens (tertiary/aromatic N) is 5. The maximum absolute atomic E-state index is 13.4. The molecule has 0 N–H and O–H groups in total. The molecule has 7 heteroatoms. The Morgan fingerprint density at radius 3 is 2.19 bits per heavy atom. The van der Waals surface area contributed by atoms with Gasteiger partial charge >= 0.3 is 0 Å². The Balaban J connectivity index is 1.12. The van der Waals surface area contributed by atoms with Crippen molar-refractivity contribution >= 4 is 11.9 Å². The van der Waals surface area contributed by atoms with Crippen molar-refractivity contribution in [1.29, 1.82) is 0 Å². The molecule has 1 aromatic carbocycles. The number of benzene rings is 1. The van der Waals surface area contributed by atoms with Gasteiger partial charge in [-0.1, -0.05) is 12.1 Å². The van der Waals surface area contributed by atoms with Crippen LogP contribution in [0.3, 0.4) is 0 Å². The Hall–Kier alpha value is -3.22.